The highest BCUT2D eigenvalue weighted by Gasteiger charge is 1.94. The van der Waals surface area contributed by atoms with Crippen LogP contribution in [0, 0.1) is 6.92 Å². The van der Waals surface area contributed by atoms with Crippen LogP contribution in [0.25, 0.3) is 0 Å². The van der Waals surface area contributed by atoms with Crippen LogP contribution in [-0.4, -0.2) is 30.0 Å². The van der Waals surface area contributed by atoms with Crippen molar-refractivity contribution in [2.24, 2.45) is 0 Å². The molecule has 1 heterocycles. The Balaban J connectivity index is 2.17. The summed E-state index contributed by atoms with van der Waals surface area (Å²) in [6.45, 7) is 9.66. The largest absolute Gasteiger partial charge is 0.375 e. The second-order valence-corrected chi connectivity index (χ2v) is 3.55. The monoisotopic (exact) mass is 207 g/mol. The molecule has 0 radical (unpaired) electrons. The molecule has 0 bridgehead atoms. The number of ether oxygens (including phenoxy) is 1. The molecule has 1 aromatic rings. The van der Waals surface area contributed by atoms with Crippen molar-refractivity contribution in [2.75, 3.05) is 25.1 Å². The first-order valence-corrected chi connectivity index (χ1v) is 4.94. The summed E-state index contributed by atoms with van der Waals surface area (Å²) in [5, 5.41) is 10.9. The second kappa shape index (κ2) is 6.14. The topological polar surface area (TPSA) is 47.0 Å². The number of aryl methyl sites for hydroxylation is 1. The van der Waals surface area contributed by atoms with Crippen LogP contribution in [-0.2, 0) is 4.74 Å². The lowest BCUT2D eigenvalue weighted by Gasteiger charge is -2.06. The van der Waals surface area contributed by atoms with Crippen LogP contribution in [0.4, 0.5) is 5.82 Å². The molecule has 0 saturated heterocycles. The molecule has 1 rings (SSSR count). The summed E-state index contributed by atoms with van der Waals surface area (Å²) >= 11 is 0. The van der Waals surface area contributed by atoms with Crippen molar-refractivity contribution in [3.8, 4) is 0 Å². The van der Waals surface area contributed by atoms with E-state index in [1.165, 1.54) is 0 Å². The standard InChI is InChI=1S/C11H17N3O/c1-9(2)8-15-5-4-12-11-6-10(3)7-13-14-11/h6-7H,1,4-5,8H2,2-3H3,(H,12,14). The molecule has 0 aromatic carbocycles. The van der Waals surface area contributed by atoms with E-state index >= 15 is 0 Å². The molecule has 0 amide bonds. The fraction of sp³-hybridized carbons (Fsp3) is 0.455. The van der Waals surface area contributed by atoms with Crippen LogP contribution in [0.15, 0.2) is 24.4 Å². The number of anilines is 1. The molecule has 15 heavy (non-hydrogen) atoms. The van der Waals surface area contributed by atoms with Gasteiger partial charge in [-0.25, -0.2) is 0 Å². The molecule has 1 N–H and O–H groups in total. The second-order valence-electron chi connectivity index (χ2n) is 3.55. The van der Waals surface area contributed by atoms with Crippen LogP contribution in [0.1, 0.15) is 12.5 Å². The quantitative estimate of drug-likeness (QED) is 0.570. The molecule has 82 valence electrons. The van der Waals surface area contributed by atoms with Gasteiger partial charge < -0.3 is 10.1 Å². The van der Waals surface area contributed by atoms with E-state index < -0.39 is 0 Å². The van der Waals surface area contributed by atoms with Gasteiger partial charge in [0.1, 0.15) is 5.82 Å². The minimum Gasteiger partial charge on any atom is -0.375 e. The molecule has 4 nitrogen and oxygen atoms in total. The lowest BCUT2D eigenvalue weighted by Crippen LogP contribution is -2.11. The van der Waals surface area contributed by atoms with E-state index in [-0.39, 0.29) is 0 Å². The Kier molecular flexibility index (Phi) is 4.77. The highest BCUT2D eigenvalue weighted by atomic mass is 16.5. The molecule has 0 aliphatic heterocycles. The molecule has 0 saturated carbocycles. The van der Waals surface area contributed by atoms with Gasteiger partial charge in [0, 0.05) is 6.54 Å². The zero-order valence-corrected chi connectivity index (χ0v) is 9.29. The molecule has 4 heteroatoms. The van der Waals surface area contributed by atoms with Crippen LogP contribution < -0.4 is 5.32 Å². The number of hydrogen-bond acceptors (Lipinski definition) is 4. The Bertz CT molecular complexity index is 325. The number of nitrogens with zero attached hydrogens (tertiary/aromatic N) is 2. The van der Waals surface area contributed by atoms with Gasteiger partial charge in [0.2, 0.25) is 0 Å². The summed E-state index contributed by atoms with van der Waals surface area (Å²) in [7, 11) is 0. The molecule has 0 fully saturated rings. The fourth-order valence-corrected chi connectivity index (χ4v) is 1.05. The molecule has 0 aliphatic rings. The van der Waals surface area contributed by atoms with Crippen molar-refractivity contribution in [1.29, 1.82) is 0 Å². The number of rotatable bonds is 6. The van der Waals surface area contributed by atoms with Gasteiger partial charge in [-0.2, -0.15) is 5.10 Å². The van der Waals surface area contributed by atoms with E-state index in [1.807, 2.05) is 19.9 Å². The maximum atomic E-state index is 5.34. The summed E-state index contributed by atoms with van der Waals surface area (Å²) in [5.74, 6) is 0.786. The molecule has 1 aromatic heterocycles. The van der Waals surface area contributed by atoms with Gasteiger partial charge in [0.15, 0.2) is 0 Å². The van der Waals surface area contributed by atoms with Crippen molar-refractivity contribution in [2.45, 2.75) is 13.8 Å². The predicted octanol–water partition coefficient (Wildman–Crippen LogP) is 1.79. The van der Waals surface area contributed by atoms with E-state index in [0.717, 1.165) is 23.5 Å². The smallest absolute Gasteiger partial charge is 0.148 e. The summed E-state index contributed by atoms with van der Waals surface area (Å²) in [5.41, 5.74) is 2.13. The average molecular weight is 207 g/mol. The molecule has 0 spiro atoms. The van der Waals surface area contributed by atoms with Gasteiger partial charge in [0.25, 0.3) is 0 Å². The lowest BCUT2D eigenvalue weighted by atomic mass is 10.3. The number of hydrogen-bond donors (Lipinski definition) is 1. The Labute approximate surface area is 90.4 Å². The van der Waals surface area contributed by atoms with E-state index in [9.17, 15) is 0 Å². The Hall–Kier alpha value is -1.42. The summed E-state index contributed by atoms with van der Waals surface area (Å²) < 4.78 is 5.34. The first kappa shape index (κ1) is 11.7. The summed E-state index contributed by atoms with van der Waals surface area (Å²) in [6, 6.07) is 1.95. The van der Waals surface area contributed by atoms with Crippen molar-refractivity contribution in [3.63, 3.8) is 0 Å². The van der Waals surface area contributed by atoms with E-state index in [1.54, 1.807) is 6.20 Å². The molecule has 0 atom stereocenters. The van der Waals surface area contributed by atoms with E-state index in [0.29, 0.717) is 13.2 Å². The SMILES string of the molecule is C=C(C)COCCNc1cc(C)cnn1. The number of aromatic nitrogens is 2. The summed E-state index contributed by atoms with van der Waals surface area (Å²) in [6.07, 6.45) is 1.72. The normalized spacial score (nSPS) is 10.0. The van der Waals surface area contributed by atoms with Gasteiger partial charge in [0.05, 0.1) is 19.4 Å². The molecule has 0 unspecified atom stereocenters. The highest BCUT2D eigenvalue weighted by molar-refractivity contribution is 5.34. The van der Waals surface area contributed by atoms with Crippen molar-refractivity contribution in [3.05, 3.63) is 30.0 Å². The van der Waals surface area contributed by atoms with Gasteiger partial charge in [-0.1, -0.05) is 12.2 Å². The van der Waals surface area contributed by atoms with Crippen LogP contribution in [0.3, 0.4) is 0 Å². The summed E-state index contributed by atoms with van der Waals surface area (Å²) in [4.78, 5) is 0. The maximum Gasteiger partial charge on any atom is 0.148 e. The third kappa shape index (κ3) is 5.12. The third-order valence-corrected chi connectivity index (χ3v) is 1.69. The number of nitrogens with one attached hydrogen (secondary N) is 1. The van der Waals surface area contributed by atoms with Crippen LogP contribution in [0.5, 0.6) is 0 Å². The minimum absolute atomic E-state index is 0.612. The third-order valence-electron chi connectivity index (χ3n) is 1.69. The zero-order valence-electron chi connectivity index (χ0n) is 9.29. The van der Waals surface area contributed by atoms with Crippen LogP contribution >= 0.6 is 0 Å². The Morgan fingerprint density at radius 1 is 1.60 bits per heavy atom. The van der Waals surface area contributed by atoms with Crippen LogP contribution in [0.2, 0.25) is 0 Å². The zero-order chi connectivity index (χ0) is 11.1. The van der Waals surface area contributed by atoms with Crippen molar-refractivity contribution >= 4 is 5.82 Å². The molecular weight excluding hydrogens is 190 g/mol. The van der Waals surface area contributed by atoms with Gasteiger partial charge in [-0.15, -0.1) is 5.10 Å². The lowest BCUT2D eigenvalue weighted by molar-refractivity contribution is 0.167. The highest BCUT2D eigenvalue weighted by Crippen LogP contribution is 2.02. The average Bonchev–Trinajstić information content (AvgIpc) is 2.17. The van der Waals surface area contributed by atoms with Crippen molar-refractivity contribution < 1.29 is 4.74 Å². The maximum absolute atomic E-state index is 5.34. The first-order valence-electron chi connectivity index (χ1n) is 4.94. The predicted molar refractivity (Wildman–Crippen MR) is 60.9 cm³/mol. The van der Waals surface area contributed by atoms with E-state index in [4.69, 9.17) is 4.74 Å². The van der Waals surface area contributed by atoms with Gasteiger partial charge in [-0.05, 0) is 25.5 Å². The molecule has 0 aliphatic carbocycles. The first-order chi connectivity index (χ1) is 7.18. The Morgan fingerprint density at radius 2 is 2.40 bits per heavy atom. The van der Waals surface area contributed by atoms with Crippen molar-refractivity contribution in [1.82, 2.24) is 10.2 Å². The Morgan fingerprint density at radius 3 is 3.07 bits per heavy atom. The van der Waals surface area contributed by atoms with Gasteiger partial charge in [-0.3, -0.25) is 0 Å². The van der Waals surface area contributed by atoms with E-state index in [2.05, 4.69) is 22.1 Å². The minimum atomic E-state index is 0.612. The fourth-order valence-electron chi connectivity index (χ4n) is 1.05. The molecular formula is C11H17N3O. The van der Waals surface area contributed by atoms with Gasteiger partial charge >= 0.3 is 0 Å².